The third kappa shape index (κ3) is 29.9. The second kappa shape index (κ2) is 30.0. The zero-order valence-corrected chi connectivity index (χ0v) is 23.5. The molecule has 0 heterocycles. The van der Waals surface area contributed by atoms with Crippen molar-refractivity contribution in [1.29, 1.82) is 0 Å². The number of aliphatic hydroxyl groups excluding tert-OH is 1. The van der Waals surface area contributed by atoms with Crippen molar-refractivity contribution in [3.05, 3.63) is 0 Å². The fourth-order valence-corrected chi connectivity index (χ4v) is 5.12. The Hall–Kier alpha value is -0.0400. The minimum Gasteiger partial charge on any atom is -0.393 e. The van der Waals surface area contributed by atoms with Crippen molar-refractivity contribution in [3.63, 3.8) is 0 Å². The Bertz CT molecular complexity index is 326. The Morgan fingerprint density at radius 1 is 0.303 bits per heavy atom. The molecule has 0 fully saturated rings. The van der Waals surface area contributed by atoms with Crippen molar-refractivity contribution in [2.45, 2.75) is 206 Å². The molecular weight excluding hydrogens is 400 g/mol. The smallest absolute Gasteiger partial charge is 0.0540 e. The van der Waals surface area contributed by atoms with E-state index in [1.165, 1.54) is 173 Å². The van der Waals surface area contributed by atoms with Crippen molar-refractivity contribution in [3.8, 4) is 0 Å². The van der Waals surface area contributed by atoms with Crippen LogP contribution in [0.5, 0.6) is 0 Å². The van der Waals surface area contributed by atoms with E-state index in [0.29, 0.717) is 0 Å². The van der Waals surface area contributed by atoms with Crippen LogP contribution in [-0.4, -0.2) is 11.2 Å². The van der Waals surface area contributed by atoms with E-state index in [1.807, 2.05) is 0 Å². The molecule has 1 nitrogen and oxygen atoms in total. The van der Waals surface area contributed by atoms with Crippen LogP contribution < -0.4 is 0 Å². The lowest BCUT2D eigenvalue weighted by Crippen LogP contribution is -2.05. The summed E-state index contributed by atoms with van der Waals surface area (Å²) >= 11 is 0. The zero-order chi connectivity index (χ0) is 24.1. The highest BCUT2D eigenvalue weighted by Gasteiger charge is 2.04. The van der Waals surface area contributed by atoms with Gasteiger partial charge >= 0.3 is 0 Å². The molecule has 0 aliphatic rings. The van der Waals surface area contributed by atoms with Crippen molar-refractivity contribution in [1.82, 2.24) is 0 Å². The van der Waals surface area contributed by atoms with E-state index < -0.39 is 0 Å². The van der Waals surface area contributed by atoms with Crippen LogP contribution in [0.4, 0.5) is 0 Å². The van der Waals surface area contributed by atoms with Crippen molar-refractivity contribution in [2.24, 2.45) is 0 Å². The van der Waals surface area contributed by atoms with Crippen molar-refractivity contribution in [2.75, 3.05) is 0 Å². The molecular formula is C32H66O. The third-order valence-corrected chi connectivity index (χ3v) is 7.53. The van der Waals surface area contributed by atoms with Crippen molar-refractivity contribution >= 4 is 0 Å². The minimum absolute atomic E-state index is 0.0323. The summed E-state index contributed by atoms with van der Waals surface area (Å²) in [6.07, 6.45) is 40.0. The predicted octanol–water partition coefficient (Wildman–Crippen LogP) is 11.7. The molecule has 0 rings (SSSR count). The van der Waals surface area contributed by atoms with Crippen LogP contribution in [0.2, 0.25) is 0 Å². The molecule has 1 N–H and O–H groups in total. The fraction of sp³-hybridized carbons (Fsp3) is 1.00. The van der Waals surface area contributed by atoms with E-state index in [4.69, 9.17) is 0 Å². The highest BCUT2D eigenvalue weighted by molar-refractivity contribution is 4.58. The summed E-state index contributed by atoms with van der Waals surface area (Å²) in [7, 11) is 0. The van der Waals surface area contributed by atoms with E-state index in [0.717, 1.165) is 12.8 Å². The number of hydrogen-bond acceptors (Lipinski definition) is 1. The fourth-order valence-electron chi connectivity index (χ4n) is 5.12. The molecule has 0 amide bonds. The van der Waals surface area contributed by atoms with Gasteiger partial charge in [0.1, 0.15) is 0 Å². The molecule has 0 aromatic carbocycles. The lowest BCUT2D eigenvalue weighted by Gasteiger charge is -2.10. The van der Waals surface area contributed by atoms with Crippen LogP contribution in [0, 0.1) is 0 Å². The maximum Gasteiger partial charge on any atom is 0.0540 e. The van der Waals surface area contributed by atoms with Gasteiger partial charge in [-0.05, 0) is 12.8 Å². The first-order valence-electron chi connectivity index (χ1n) is 16.0. The minimum atomic E-state index is -0.0323. The zero-order valence-electron chi connectivity index (χ0n) is 23.5. The van der Waals surface area contributed by atoms with Gasteiger partial charge in [0.25, 0.3) is 0 Å². The molecule has 0 saturated carbocycles. The maximum absolute atomic E-state index is 10.2. The molecule has 0 bridgehead atoms. The van der Waals surface area contributed by atoms with Crippen molar-refractivity contribution < 1.29 is 5.11 Å². The van der Waals surface area contributed by atoms with Crippen LogP contribution in [-0.2, 0) is 0 Å². The van der Waals surface area contributed by atoms with E-state index in [1.54, 1.807) is 0 Å². The van der Waals surface area contributed by atoms with Gasteiger partial charge in [-0.1, -0.05) is 187 Å². The molecule has 0 saturated heterocycles. The van der Waals surface area contributed by atoms with Gasteiger partial charge in [0.05, 0.1) is 6.10 Å². The van der Waals surface area contributed by atoms with E-state index in [9.17, 15) is 5.11 Å². The lowest BCUT2D eigenvalue weighted by molar-refractivity contribution is 0.147. The lowest BCUT2D eigenvalue weighted by atomic mass is 10.0. The Kier molecular flexibility index (Phi) is 30.0. The topological polar surface area (TPSA) is 20.2 Å². The number of unbranched alkanes of at least 4 members (excludes halogenated alkanes) is 25. The standard InChI is InChI=1S/C32H66O/c1-3-5-7-9-11-13-15-17-18-19-21-23-25-27-29-31-32(33)30-28-26-24-22-20-16-14-12-10-8-6-4-2/h32-33H,3-31H2,1-2H3/t32-/m0/s1. The maximum atomic E-state index is 10.2. The normalized spacial score (nSPS) is 12.5. The van der Waals surface area contributed by atoms with Crippen LogP contribution in [0.3, 0.4) is 0 Å². The molecule has 0 aromatic rings. The van der Waals surface area contributed by atoms with E-state index in [-0.39, 0.29) is 6.10 Å². The average Bonchev–Trinajstić information content (AvgIpc) is 2.82. The summed E-state index contributed by atoms with van der Waals surface area (Å²) in [5, 5.41) is 10.2. The first-order chi connectivity index (χ1) is 16.3. The van der Waals surface area contributed by atoms with E-state index in [2.05, 4.69) is 13.8 Å². The Balaban J connectivity index is 3.13. The van der Waals surface area contributed by atoms with Gasteiger partial charge in [0, 0.05) is 0 Å². The Morgan fingerprint density at radius 3 is 0.697 bits per heavy atom. The first-order valence-corrected chi connectivity index (χ1v) is 16.0. The van der Waals surface area contributed by atoms with Gasteiger partial charge in [-0.15, -0.1) is 0 Å². The average molecular weight is 467 g/mol. The number of rotatable bonds is 29. The van der Waals surface area contributed by atoms with Gasteiger partial charge in [-0.2, -0.15) is 0 Å². The Morgan fingerprint density at radius 2 is 0.485 bits per heavy atom. The second-order valence-corrected chi connectivity index (χ2v) is 11.1. The number of aliphatic hydroxyl groups is 1. The molecule has 1 atom stereocenters. The van der Waals surface area contributed by atoms with Crippen LogP contribution in [0.1, 0.15) is 200 Å². The molecule has 1 heteroatoms. The highest BCUT2D eigenvalue weighted by Crippen LogP contribution is 2.16. The van der Waals surface area contributed by atoms with Gasteiger partial charge in [-0.3, -0.25) is 0 Å². The summed E-state index contributed by atoms with van der Waals surface area (Å²) < 4.78 is 0. The summed E-state index contributed by atoms with van der Waals surface area (Å²) in [5.41, 5.74) is 0. The Labute approximate surface area is 211 Å². The molecule has 0 aliphatic heterocycles. The molecule has 200 valence electrons. The molecule has 0 unspecified atom stereocenters. The first kappa shape index (κ1) is 33.0. The summed E-state index contributed by atoms with van der Waals surface area (Å²) in [6.45, 7) is 4.59. The summed E-state index contributed by atoms with van der Waals surface area (Å²) in [5.74, 6) is 0. The van der Waals surface area contributed by atoms with Gasteiger partial charge in [0.2, 0.25) is 0 Å². The molecule has 0 aromatic heterocycles. The third-order valence-electron chi connectivity index (χ3n) is 7.53. The SMILES string of the molecule is CCCCCCCCCCCCCCCCC[C@@H](O)CCCCCCCCCCCCCC. The van der Waals surface area contributed by atoms with Gasteiger partial charge in [0.15, 0.2) is 0 Å². The monoisotopic (exact) mass is 467 g/mol. The van der Waals surface area contributed by atoms with Crippen LogP contribution >= 0.6 is 0 Å². The predicted molar refractivity (Wildman–Crippen MR) is 151 cm³/mol. The van der Waals surface area contributed by atoms with Crippen LogP contribution in [0.25, 0.3) is 0 Å². The van der Waals surface area contributed by atoms with E-state index >= 15 is 0 Å². The molecule has 0 spiro atoms. The number of hydrogen-bond donors (Lipinski definition) is 1. The summed E-state index contributed by atoms with van der Waals surface area (Å²) in [6, 6.07) is 0. The van der Waals surface area contributed by atoms with Gasteiger partial charge < -0.3 is 5.11 Å². The highest BCUT2D eigenvalue weighted by atomic mass is 16.3. The quantitative estimate of drug-likeness (QED) is 0.109. The molecule has 33 heavy (non-hydrogen) atoms. The largest absolute Gasteiger partial charge is 0.393 e. The van der Waals surface area contributed by atoms with Gasteiger partial charge in [-0.25, -0.2) is 0 Å². The summed E-state index contributed by atoms with van der Waals surface area (Å²) in [4.78, 5) is 0. The van der Waals surface area contributed by atoms with Crippen LogP contribution in [0.15, 0.2) is 0 Å². The molecule has 0 radical (unpaired) electrons. The molecule has 0 aliphatic carbocycles. The second-order valence-electron chi connectivity index (χ2n) is 11.1.